The molecule has 0 fully saturated rings. The molecule has 2 aromatic carbocycles. The second-order valence-electron chi connectivity index (χ2n) is 5.15. The van der Waals surface area contributed by atoms with Gasteiger partial charge in [0.25, 0.3) is 0 Å². The molecule has 3 rings (SSSR count). The van der Waals surface area contributed by atoms with E-state index in [1.54, 1.807) is 0 Å². The number of nitrogens with one attached hydrogen (secondary N) is 2. The molecule has 2 radical (unpaired) electrons. The van der Waals surface area contributed by atoms with Crippen molar-refractivity contribution in [3.05, 3.63) is 65.9 Å². The van der Waals surface area contributed by atoms with Crippen LogP contribution in [0.2, 0.25) is 0 Å². The van der Waals surface area contributed by atoms with Crippen LogP contribution in [0.15, 0.2) is 54.6 Å². The Morgan fingerprint density at radius 2 is 1.95 bits per heavy atom. The van der Waals surface area contributed by atoms with E-state index >= 15 is 0 Å². The van der Waals surface area contributed by atoms with Crippen molar-refractivity contribution in [2.24, 2.45) is 0 Å². The van der Waals surface area contributed by atoms with Crippen LogP contribution in [-0.2, 0) is 6.54 Å². The summed E-state index contributed by atoms with van der Waals surface area (Å²) < 4.78 is 0. The molecule has 0 aliphatic carbocycles. The lowest BCUT2D eigenvalue weighted by molar-refractivity contribution is 0.570. The lowest BCUT2D eigenvalue weighted by Crippen LogP contribution is -2.19. The largest absolute Gasteiger partial charge is 0.357 e. The Morgan fingerprint density at radius 1 is 1.10 bits per heavy atom. The van der Waals surface area contributed by atoms with Crippen LogP contribution in [0.1, 0.15) is 24.2 Å². The first-order chi connectivity index (χ1) is 9.72. The van der Waals surface area contributed by atoms with Gasteiger partial charge in [-0.25, -0.2) is 0 Å². The second-order valence-corrected chi connectivity index (χ2v) is 5.15. The minimum atomic E-state index is 0.268. The molecule has 2 nitrogen and oxygen atoms in total. The van der Waals surface area contributed by atoms with E-state index in [0.29, 0.717) is 0 Å². The highest BCUT2D eigenvalue weighted by atomic mass is 14.9. The van der Waals surface area contributed by atoms with Crippen LogP contribution in [0.25, 0.3) is 10.9 Å². The number of hydrogen-bond acceptors (Lipinski definition) is 1. The van der Waals surface area contributed by atoms with Crippen molar-refractivity contribution in [2.45, 2.75) is 19.5 Å². The van der Waals surface area contributed by atoms with Crippen molar-refractivity contribution < 1.29 is 0 Å². The summed E-state index contributed by atoms with van der Waals surface area (Å²) in [4.78, 5) is 3.43. The van der Waals surface area contributed by atoms with E-state index in [4.69, 9.17) is 7.85 Å². The number of aromatic nitrogens is 1. The second kappa shape index (κ2) is 5.55. The molecule has 20 heavy (non-hydrogen) atoms. The summed E-state index contributed by atoms with van der Waals surface area (Å²) in [6.07, 6.45) is 0. The molecule has 0 amide bonds. The molecule has 0 spiro atoms. The Bertz CT molecular complexity index is 685. The Labute approximate surface area is 120 Å². The zero-order chi connectivity index (χ0) is 13.9. The van der Waals surface area contributed by atoms with Crippen LogP contribution in [0, 0.1) is 0 Å². The lowest BCUT2D eigenvalue weighted by atomic mass is 9.93. The summed E-state index contributed by atoms with van der Waals surface area (Å²) in [5.41, 5.74) is 4.39. The lowest BCUT2D eigenvalue weighted by Gasteiger charge is -2.14. The van der Waals surface area contributed by atoms with Gasteiger partial charge in [-0.2, -0.15) is 0 Å². The van der Waals surface area contributed by atoms with Crippen molar-refractivity contribution in [1.82, 2.24) is 10.3 Å². The topological polar surface area (TPSA) is 27.8 Å². The van der Waals surface area contributed by atoms with E-state index in [2.05, 4.69) is 47.6 Å². The first kappa shape index (κ1) is 13.0. The first-order valence-corrected chi connectivity index (χ1v) is 6.88. The highest BCUT2D eigenvalue weighted by molar-refractivity contribution is 6.32. The van der Waals surface area contributed by atoms with Crippen molar-refractivity contribution >= 4 is 24.2 Å². The Hall–Kier alpha value is -2.00. The van der Waals surface area contributed by atoms with Crippen LogP contribution < -0.4 is 10.8 Å². The van der Waals surface area contributed by atoms with Crippen molar-refractivity contribution in [3.8, 4) is 0 Å². The van der Waals surface area contributed by atoms with Gasteiger partial charge in [-0.3, -0.25) is 0 Å². The maximum absolute atomic E-state index is 5.82. The SMILES string of the molecule is [B]c1cccc(C(C)NCc2cc3ccccc3[nH]2)c1. The number of H-pyrrole nitrogens is 1. The minimum Gasteiger partial charge on any atom is -0.357 e. The van der Waals surface area contributed by atoms with E-state index in [0.717, 1.165) is 12.0 Å². The fourth-order valence-corrected chi connectivity index (χ4v) is 2.44. The number of aromatic amines is 1. The highest BCUT2D eigenvalue weighted by Crippen LogP contribution is 2.16. The van der Waals surface area contributed by atoms with E-state index in [-0.39, 0.29) is 6.04 Å². The van der Waals surface area contributed by atoms with Crippen LogP contribution in [0.5, 0.6) is 0 Å². The van der Waals surface area contributed by atoms with Crippen molar-refractivity contribution in [2.75, 3.05) is 0 Å². The molecule has 3 heteroatoms. The molecule has 1 aromatic heterocycles. The minimum absolute atomic E-state index is 0.268. The molecule has 1 unspecified atom stereocenters. The standard InChI is InChI=1S/C17H17BN2/c1-12(13-6-4-7-15(18)9-13)19-11-16-10-14-5-2-3-8-17(14)20-16/h2-10,12,19-20H,11H2,1H3. The van der Waals surface area contributed by atoms with E-state index in [9.17, 15) is 0 Å². The average molecular weight is 260 g/mol. The normalized spacial score (nSPS) is 12.7. The Balaban J connectivity index is 1.69. The fourth-order valence-electron chi connectivity index (χ4n) is 2.44. The van der Waals surface area contributed by atoms with E-state index < -0.39 is 0 Å². The van der Waals surface area contributed by atoms with Crippen molar-refractivity contribution in [3.63, 3.8) is 0 Å². The van der Waals surface area contributed by atoms with Gasteiger partial charge >= 0.3 is 0 Å². The quantitative estimate of drug-likeness (QED) is 0.693. The maximum atomic E-state index is 5.82. The average Bonchev–Trinajstić information content (AvgIpc) is 2.87. The van der Waals surface area contributed by atoms with Gasteiger partial charge in [-0.15, -0.1) is 0 Å². The van der Waals surface area contributed by atoms with E-state index in [1.165, 1.54) is 22.2 Å². The highest BCUT2D eigenvalue weighted by Gasteiger charge is 2.06. The molecule has 2 N–H and O–H groups in total. The third-order valence-electron chi connectivity index (χ3n) is 3.60. The van der Waals surface area contributed by atoms with Crippen LogP contribution >= 0.6 is 0 Å². The predicted molar refractivity (Wildman–Crippen MR) is 85.4 cm³/mol. The van der Waals surface area contributed by atoms with Gasteiger partial charge in [0.05, 0.1) is 0 Å². The fraction of sp³-hybridized carbons (Fsp3) is 0.176. The molecule has 0 aliphatic rings. The predicted octanol–water partition coefficient (Wildman–Crippen LogP) is 2.81. The van der Waals surface area contributed by atoms with Crippen LogP contribution in [-0.4, -0.2) is 12.8 Å². The number of rotatable bonds is 4. The van der Waals surface area contributed by atoms with Crippen LogP contribution in [0.3, 0.4) is 0 Å². The maximum Gasteiger partial charge on any atom is 0.113 e. The Morgan fingerprint density at radius 3 is 2.75 bits per heavy atom. The number of hydrogen-bond donors (Lipinski definition) is 2. The number of fused-ring (bicyclic) bond motifs is 1. The molecule has 1 heterocycles. The van der Waals surface area contributed by atoms with Gasteiger partial charge in [0.2, 0.25) is 0 Å². The summed E-state index contributed by atoms with van der Waals surface area (Å²) in [6.45, 7) is 2.96. The third kappa shape index (κ3) is 2.78. The molecule has 0 bridgehead atoms. The summed E-state index contributed by atoms with van der Waals surface area (Å²) in [6, 6.07) is 18.8. The van der Waals surface area contributed by atoms with Crippen LogP contribution in [0.4, 0.5) is 0 Å². The molecule has 0 saturated heterocycles. The number of benzene rings is 2. The summed E-state index contributed by atoms with van der Waals surface area (Å²) in [7, 11) is 5.82. The summed E-state index contributed by atoms with van der Waals surface area (Å²) in [5.74, 6) is 0. The smallest absolute Gasteiger partial charge is 0.113 e. The number of para-hydroxylation sites is 1. The first-order valence-electron chi connectivity index (χ1n) is 6.88. The molecular weight excluding hydrogens is 243 g/mol. The zero-order valence-electron chi connectivity index (χ0n) is 11.6. The molecule has 0 saturated carbocycles. The van der Waals surface area contributed by atoms with Gasteiger partial charge in [-0.05, 0) is 30.0 Å². The Kier molecular flexibility index (Phi) is 3.61. The molecule has 98 valence electrons. The van der Waals surface area contributed by atoms with Gasteiger partial charge in [-0.1, -0.05) is 47.9 Å². The zero-order valence-corrected chi connectivity index (χ0v) is 11.6. The van der Waals surface area contributed by atoms with Gasteiger partial charge in [0.1, 0.15) is 7.85 Å². The van der Waals surface area contributed by atoms with Crippen molar-refractivity contribution in [1.29, 1.82) is 0 Å². The molecule has 3 aromatic rings. The van der Waals surface area contributed by atoms with Gasteiger partial charge < -0.3 is 10.3 Å². The summed E-state index contributed by atoms with van der Waals surface area (Å²) >= 11 is 0. The third-order valence-corrected chi connectivity index (χ3v) is 3.60. The van der Waals surface area contributed by atoms with E-state index in [1.807, 2.05) is 24.3 Å². The monoisotopic (exact) mass is 260 g/mol. The summed E-state index contributed by atoms with van der Waals surface area (Å²) in [5, 5.41) is 4.77. The molecule has 0 aliphatic heterocycles. The van der Waals surface area contributed by atoms with Gasteiger partial charge in [0.15, 0.2) is 0 Å². The molecular formula is C17H17BN2. The van der Waals surface area contributed by atoms with Gasteiger partial charge in [0, 0.05) is 23.8 Å². The molecule has 1 atom stereocenters.